The second-order valence-electron chi connectivity index (χ2n) is 9.87. The quantitative estimate of drug-likeness (QED) is 0.428. The highest BCUT2D eigenvalue weighted by Gasteiger charge is 2.56. The molecular weight excluding hydrogens is 468 g/mol. The Morgan fingerprint density at radius 1 is 0.892 bits per heavy atom. The van der Waals surface area contributed by atoms with Crippen LogP contribution in [0.3, 0.4) is 0 Å². The van der Waals surface area contributed by atoms with Crippen LogP contribution >= 0.6 is 0 Å². The third kappa shape index (κ3) is 5.42. The fourth-order valence-corrected chi connectivity index (χ4v) is 5.19. The molecule has 1 aliphatic rings. The van der Waals surface area contributed by atoms with Gasteiger partial charge in [0.1, 0.15) is 17.5 Å². The Morgan fingerprint density at radius 3 is 2.03 bits per heavy atom. The van der Waals surface area contributed by atoms with Crippen molar-refractivity contribution in [2.75, 3.05) is 17.7 Å². The van der Waals surface area contributed by atoms with Gasteiger partial charge in [-0.25, -0.2) is 0 Å². The number of para-hydroxylation sites is 2. The molecular formula is C30H32N2O5. The molecule has 3 N–H and O–H groups in total. The van der Waals surface area contributed by atoms with Gasteiger partial charge in [-0.1, -0.05) is 48.5 Å². The molecule has 0 heterocycles. The Hall–Kier alpha value is -3.97. The maximum Gasteiger partial charge on any atom is 0.235 e. The molecule has 0 radical (unpaired) electrons. The van der Waals surface area contributed by atoms with E-state index < -0.39 is 41.0 Å². The molecule has 0 bridgehead atoms. The van der Waals surface area contributed by atoms with Gasteiger partial charge in [-0.15, -0.1) is 0 Å². The van der Waals surface area contributed by atoms with Gasteiger partial charge in [-0.2, -0.15) is 0 Å². The van der Waals surface area contributed by atoms with Gasteiger partial charge in [0.2, 0.25) is 11.8 Å². The van der Waals surface area contributed by atoms with Crippen LogP contribution in [0.5, 0.6) is 5.75 Å². The first-order chi connectivity index (χ1) is 17.6. The largest absolute Gasteiger partial charge is 0.497 e. The maximum atomic E-state index is 13.8. The number of aryl methyl sites for hydroxylation is 2. The normalized spacial score (nSPS) is 23.3. The van der Waals surface area contributed by atoms with Gasteiger partial charge in [-0.3, -0.25) is 14.4 Å². The highest BCUT2D eigenvalue weighted by atomic mass is 16.5. The summed E-state index contributed by atoms with van der Waals surface area (Å²) < 4.78 is 5.39. The van der Waals surface area contributed by atoms with Crippen molar-refractivity contribution >= 4 is 29.0 Å². The molecule has 0 aliphatic heterocycles. The third-order valence-electron chi connectivity index (χ3n) is 7.12. The smallest absolute Gasteiger partial charge is 0.235 e. The number of Topliss-reactive ketones (excluding diaryl/α,β-unsaturated/α-hetero) is 1. The van der Waals surface area contributed by atoms with Gasteiger partial charge in [0.25, 0.3) is 0 Å². The van der Waals surface area contributed by atoms with Crippen molar-refractivity contribution in [1.29, 1.82) is 0 Å². The van der Waals surface area contributed by atoms with Crippen LogP contribution < -0.4 is 15.4 Å². The molecule has 0 aromatic heterocycles. The van der Waals surface area contributed by atoms with E-state index in [4.69, 9.17) is 4.74 Å². The Bertz CT molecular complexity index is 1330. The zero-order valence-electron chi connectivity index (χ0n) is 21.4. The number of rotatable bonds is 6. The first-order valence-corrected chi connectivity index (χ1v) is 12.2. The summed E-state index contributed by atoms with van der Waals surface area (Å²) in [6.45, 7) is 5.22. The molecule has 2 amide bonds. The van der Waals surface area contributed by atoms with Gasteiger partial charge in [0.15, 0.2) is 0 Å². The fraction of sp³-hybridized carbons (Fsp3) is 0.300. The van der Waals surface area contributed by atoms with Crippen LogP contribution in [0.4, 0.5) is 11.4 Å². The third-order valence-corrected chi connectivity index (χ3v) is 7.12. The molecule has 4 rings (SSSR count). The Labute approximate surface area is 216 Å². The summed E-state index contributed by atoms with van der Waals surface area (Å²) in [6, 6.07) is 21.6. The van der Waals surface area contributed by atoms with Gasteiger partial charge >= 0.3 is 0 Å². The summed E-state index contributed by atoms with van der Waals surface area (Å²) in [5.74, 6) is -4.11. The molecule has 7 nitrogen and oxygen atoms in total. The Kier molecular flexibility index (Phi) is 7.45. The topological polar surface area (TPSA) is 105 Å². The van der Waals surface area contributed by atoms with Crippen LogP contribution in [0.25, 0.3) is 0 Å². The zero-order valence-corrected chi connectivity index (χ0v) is 21.4. The number of aliphatic hydroxyl groups is 1. The van der Waals surface area contributed by atoms with Crippen molar-refractivity contribution < 1.29 is 24.2 Å². The molecule has 7 heteroatoms. The van der Waals surface area contributed by atoms with Gasteiger partial charge in [0, 0.05) is 23.7 Å². The van der Waals surface area contributed by atoms with Crippen LogP contribution in [0.1, 0.15) is 36.0 Å². The lowest BCUT2D eigenvalue weighted by Crippen LogP contribution is -2.56. The van der Waals surface area contributed by atoms with E-state index in [2.05, 4.69) is 10.6 Å². The van der Waals surface area contributed by atoms with E-state index in [9.17, 15) is 19.5 Å². The van der Waals surface area contributed by atoms with Crippen molar-refractivity contribution in [2.24, 2.45) is 11.8 Å². The van der Waals surface area contributed by atoms with Crippen molar-refractivity contribution in [3.8, 4) is 5.75 Å². The van der Waals surface area contributed by atoms with Crippen LogP contribution in [-0.2, 0) is 14.4 Å². The van der Waals surface area contributed by atoms with Crippen molar-refractivity contribution in [3.05, 3.63) is 89.5 Å². The molecule has 37 heavy (non-hydrogen) atoms. The highest BCUT2D eigenvalue weighted by Crippen LogP contribution is 2.47. The van der Waals surface area contributed by atoms with Crippen LogP contribution in [0.2, 0.25) is 0 Å². The molecule has 4 atom stereocenters. The van der Waals surface area contributed by atoms with Gasteiger partial charge in [0.05, 0.1) is 18.6 Å². The number of amides is 2. The van der Waals surface area contributed by atoms with E-state index in [-0.39, 0.29) is 6.42 Å². The molecule has 1 fully saturated rings. The number of ketones is 1. The van der Waals surface area contributed by atoms with Gasteiger partial charge in [-0.05, 0) is 61.7 Å². The first-order valence-electron chi connectivity index (χ1n) is 12.2. The first kappa shape index (κ1) is 26.1. The lowest BCUT2D eigenvalue weighted by molar-refractivity contribution is -0.150. The number of carbonyl (C=O) groups is 3. The highest BCUT2D eigenvalue weighted by molar-refractivity contribution is 6.10. The molecule has 0 saturated heterocycles. The molecule has 4 unspecified atom stereocenters. The summed E-state index contributed by atoms with van der Waals surface area (Å²) in [4.78, 5) is 41.0. The summed E-state index contributed by atoms with van der Waals surface area (Å²) in [5, 5.41) is 17.3. The minimum atomic E-state index is -1.68. The molecule has 192 valence electrons. The number of ether oxygens (including phenoxy) is 1. The zero-order chi connectivity index (χ0) is 26.7. The van der Waals surface area contributed by atoms with Crippen molar-refractivity contribution in [3.63, 3.8) is 0 Å². The van der Waals surface area contributed by atoms with Crippen LogP contribution in [0, 0.1) is 25.7 Å². The molecule has 1 aliphatic carbocycles. The van der Waals surface area contributed by atoms with E-state index in [0.29, 0.717) is 22.7 Å². The van der Waals surface area contributed by atoms with Crippen LogP contribution in [-0.4, -0.2) is 35.4 Å². The monoisotopic (exact) mass is 500 g/mol. The lowest BCUT2D eigenvalue weighted by atomic mass is 9.61. The summed E-state index contributed by atoms with van der Waals surface area (Å²) in [5.41, 5.74) is 1.76. The number of methoxy groups -OCH3 is 1. The summed E-state index contributed by atoms with van der Waals surface area (Å²) >= 11 is 0. The number of nitrogens with one attached hydrogen (secondary N) is 2. The number of benzene rings is 3. The lowest BCUT2D eigenvalue weighted by Gasteiger charge is -2.44. The minimum absolute atomic E-state index is 0.328. The minimum Gasteiger partial charge on any atom is -0.497 e. The predicted molar refractivity (Wildman–Crippen MR) is 143 cm³/mol. The number of carbonyl (C=O) groups excluding carboxylic acids is 3. The van der Waals surface area contributed by atoms with E-state index in [1.165, 1.54) is 14.0 Å². The standard InChI is InChI=1S/C30H32N2O5/c1-18-10-5-7-14-22(18)31-28(34)26-24(33)17-30(3,36)27(25(26)20-12-9-13-21(16-20)37-4)29(35)32-23-15-8-6-11-19(23)2/h5-16,25-27,36H,17H2,1-4H3,(H,31,34)(H,32,35). The predicted octanol–water partition coefficient (Wildman–Crippen LogP) is 4.63. The number of hydrogen-bond donors (Lipinski definition) is 3. The van der Waals surface area contributed by atoms with E-state index >= 15 is 0 Å². The van der Waals surface area contributed by atoms with Crippen LogP contribution in [0.15, 0.2) is 72.8 Å². The molecule has 1 saturated carbocycles. The average Bonchev–Trinajstić information content (AvgIpc) is 2.85. The van der Waals surface area contributed by atoms with E-state index in [1.54, 1.807) is 42.5 Å². The average molecular weight is 501 g/mol. The Morgan fingerprint density at radius 2 is 1.46 bits per heavy atom. The number of anilines is 2. The molecule has 0 spiro atoms. The van der Waals surface area contributed by atoms with Crippen molar-refractivity contribution in [2.45, 2.75) is 38.7 Å². The number of hydrogen-bond acceptors (Lipinski definition) is 5. The second kappa shape index (κ2) is 10.6. The van der Waals surface area contributed by atoms with E-state index in [1.807, 2.05) is 44.2 Å². The van der Waals surface area contributed by atoms with Gasteiger partial charge < -0.3 is 20.5 Å². The Balaban J connectivity index is 1.80. The van der Waals surface area contributed by atoms with Crippen molar-refractivity contribution in [1.82, 2.24) is 0 Å². The maximum absolute atomic E-state index is 13.8. The SMILES string of the molecule is COc1cccc(C2C(C(=O)Nc3ccccc3C)C(=O)CC(C)(O)C2C(=O)Nc2ccccc2C)c1. The molecule has 3 aromatic carbocycles. The summed E-state index contributed by atoms with van der Waals surface area (Å²) in [6.07, 6.45) is -0.328. The second-order valence-corrected chi connectivity index (χ2v) is 9.87. The fourth-order valence-electron chi connectivity index (χ4n) is 5.19. The van der Waals surface area contributed by atoms with E-state index in [0.717, 1.165) is 11.1 Å². The summed E-state index contributed by atoms with van der Waals surface area (Å²) in [7, 11) is 1.52. The molecule has 3 aromatic rings.